The number of rotatable bonds is 12. The number of nitrogens with one attached hydrogen (secondary N) is 4. The summed E-state index contributed by atoms with van der Waals surface area (Å²) in [5.74, 6) is -1.11. The van der Waals surface area contributed by atoms with Crippen LogP contribution in [0.4, 0.5) is 32.8 Å². The summed E-state index contributed by atoms with van der Waals surface area (Å²) in [6.45, 7) is 8.60. The zero-order valence-corrected chi connectivity index (χ0v) is 39.7. The number of nitro groups is 1. The first kappa shape index (κ1) is 46.5. The number of nitrogens with zero attached hydrogens (tertiary/aromatic N) is 5. The Morgan fingerprint density at radius 3 is 2.48 bits per heavy atom. The van der Waals surface area contributed by atoms with Crippen LogP contribution >= 0.6 is 11.6 Å². The van der Waals surface area contributed by atoms with Gasteiger partial charge >= 0.3 is 0 Å². The van der Waals surface area contributed by atoms with Crippen LogP contribution in [0, 0.1) is 20.3 Å². The number of aromatic nitrogens is 2. The van der Waals surface area contributed by atoms with Crippen LogP contribution in [-0.4, -0.2) is 109 Å². The van der Waals surface area contributed by atoms with E-state index in [1.807, 2.05) is 18.2 Å². The number of allylic oxidation sites excluding steroid dienone is 1. The number of nitro benzene ring substituents is 1. The third-order valence-electron chi connectivity index (χ3n) is 13.4. The standard InChI is InChI=1S/C47H53ClFN9O7S2/c1-46(2)13-11-33(38(28-46)31-3-5-34(48)6-4-31)29-55-17-19-56(20-18-55)35-7-9-37(40(26-35)57-21-24-66(50,62)45-42(57)25-32-12-16-51-43(32)53-45)44(59)54-67(63,64)36-8-10-39(41(27-36)58(60)61)52-30-47(49)14-22-65-23-15-47/h3-10,12,16,25-27,50,52H,11,13-15,17-24,28-30H2,1-2H3,(H,51,53)(H,54,59). The number of fused-ring (bicyclic) bond motifs is 2. The molecule has 5 aromatic rings. The molecule has 1 aliphatic carbocycles. The van der Waals surface area contributed by atoms with E-state index in [1.54, 1.807) is 35.4 Å². The third-order valence-corrected chi connectivity index (χ3v) is 16.7. The SMILES string of the molecule is CC1(C)CCC(CN2CCN(c3ccc(C(=O)NS(=O)(=O)c4ccc(NCC5(F)CCOCC5)c([N+](=O)[O-])c4)c(N4CCS(=N)(=O)c5nc6[nH]ccc6cc54)c3)CC2)=C(c2ccc(Cl)cc2)C1. The van der Waals surface area contributed by atoms with Gasteiger partial charge in [0.15, 0.2) is 5.03 Å². The van der Waals surface area contributed by atoms with Crippen molar-refractivity contribution < 1.29 is 31.5 Å². The number of hydrogen-bond acceptors (Lipinski definition) is 13. The Morgan fingerprint density at radius 2 is 1.75 bits per heavy atom. The first-order chi connectivity index (χ1) is 31.9. The molecule has 2 fully saturated rings. The molecule has 9 rings (SSSR count). The zero-order valence-electron chi connectivity index (χ0n) is 37.3. The van der Waals surface area contributed by atoms with E-state index < -0.39 is 46.8 Å². The summed E-state index contributed by atoms with van der Waals surface area (Å²) in [5.41, 5.74) is 3.72. The molecule has 1 amide bonds. The molecule has 0 spiro atoms. The Morgan fingerprint density at radius 1 is 1.00 bits per heavy atom. The number of carbonyl (C=O) groups excluding carboxylic acids is 1. The van der Waals surface area contributed by atoms with Crippen molar-refractivity contribution in [1.82, 2.24) is 19.6 Å². The summed E-state index contributed by atoms with van der Waals surface area (Å²) in [7, 11) is -8.05. The van der Waals surface area contributed by atoms with Crippen molar-refractivity contribution in [2.24, 2.45) is 5.41 Å². The number of pyridine rings is 1. The van der Waals surface area contributed by atoms with Gasteiger partial charge in [0.1, 0.15) is 17.0 Å². The van der Waals surface area contributed by atoms with Gasteiger partial charge in [-0.2, -0.15) is 0 Å². The normalized spacial score (nSPS) is 21.0. The second-order valence-electron chi connectivity index (χ2n) is 18.6. The minimum Gasteiger partial charge on any atom is -0.381 e. The van der Waals surface area contributed by atoms with E-state index in [0.29, 0.717) is 40.5 Å². The van der Waals surface area contributed by atoms with Gasteiger partial charge in [-0.15, -0.1) is 0 Å². The molecule has 4 aliphatic rings. The van der Waals surface area contributed by atoms with Crippen LogP contribution in [0.2, 0.25) is 5.02 Å². The molecule has 0 saturated carbocycles. The molecule has 5 heterocycles. The van der Waals surface area contributed by atoms with Crippen LogP contribution in [0.3, 0.4) is 0 Å². The molecule has 16 nitrogen and oxygen atoms in total. The first-order valence-electron chi connectivity index (χ1n) is 22.3. The fraction of sp³-hybridized carbons (Fsp3) is 0.404. The van der Waals surface area contributed by atoms with Crippen molar-refractivity contribution in [2.75, 3.05) is 79.9 Å². The minimum atomic E-state index is -4.71. The second-order valence-corrected chi connectivity index (χ2v) is 22.9. The van der Waals surface area contributed by atoms with Crippen LogP contribution < -0.4 is 19.8 Å². The van der Waals surface area contributed by atoms with Crippen LogP contribution in [0.5, 0.6) is 0 Å². The fourth-order valence-electron chi connectivity index (χ4n) is 9.49. The van der Waals surface area contributed by atoms with Crippen LogP contribution in [0.25, 0.3) is 16.6 Å². The molecule has 3 aliphatic heterocycles. The smallest absolute Gasteiger partial charge is 0.293 e. The van der Waals surface area contributed by atoms with E-state index in [4.69, 9.17) is 21.1 Å². The van der Waals surface area contributed by atoms with Gasteiger partial charge in [-0.1, -0.05) is 43.2 Å². The van der Waals surface area contributed by atoms with Gasteiger partial charge in [0.05, 0.1) is 42.2 Å². The van der Waals surface area contributed by atoms with Gasteiger partial charge in [0, 0.05) is 100 Å². The Hall–Kier alpha value is -5.60. The molecule has 0 bridgehead atoms. The molecule has 2 aromatic heterocycles. The van der Waals surface area contributed by atoms with Crippen LogP contribution in [0.1, 0.15) is 61.9 Å². The lowest BCUT2D eigenvalue weighted by molar-refractivity contribution is -0.384. The lowest BCUT2D eigenvalue weighted by atomic mass is 9.72. The van der Waals surface area contributed by atoms with E-state index in [0.717, 1.165) is 56.7 Å². The molecule has 20 heteroatoms. The number of hydrogen-bond donors (Lipinski definition) is 4. The average molecular weight is 975 g/mol. The van der Waals surface area contributed by atoms with Crippen molar-refractivity contribution in [3.63, 3.8) is 0 Å². The number of piperazine rings is 1. The fourth-order valence-corrected chi connectivity index (χ4v) is 12.0. The molecule has 354 valence electrons. The van der Waals surface area contributed by atoms with Crippen molar-refractivity contribution >= 4 is 82.3 Å². The molecule has 1 atom stereocenters. The van der Waals surface area contributed by atoms with E-state index in [9.17, 15) is 27.5 Å². The maximum atomic E-state index is 15.3. The predicted molar refractivity (Wildman–Crippen MR) is 258 cm³/mol. The number of amides is 1. The van der Waals surface area contributed by atoms with E-state index in [-0.39, 0.29) is 66.6 Å². The molecule has 67 heavy (non-hydrogen) atoms. The Kier molecular flexibility index (Phi) is 12.6. The highest BCUT2D eigenvalue weighted by atomic mass is 35.5. The van der Waals surface area contributed by atoms with Crippen molar-refractivity contribution in [2.45, 2.75) is 61.5 Å². The van der Waals surface area contributed by atoms with Gasteiger partial charge in [0.25, 0.3) is 21.6 Å². The molecule has 1 unspecified atom stereocenters. The van der Waals surface area contributed by atoms with Crippen LogP contribution in [0.15, 0.2) is 94.5 Å². The number of H-pyrrole nitrogens is 1. The number of ether oxygens (including phenoxy) is 1. The average Bonchev–Trinajstić information content (AvgIpc) is 3.77. The lowest BCUT2D eigenvalue weighted by Crippen LogP contribution is -2.47. The van der Waals surface area contributed by atoms with Crippen LogP contribution in [-0.2, 0) is 24.5 Å². The van der Waals surface area contributed by atoms with Crippen molar-refractivity contribution in [3.8, 4) is 0 Å². The van der Waals surface area contributed by atoms with Crippen molar-refractivity contribution in [3.05, 3.63) is 111 Å². The number of carbonyl (C=O) groups is 1. The van der Waals surface area contributed by atoms with Gasteiger partial charge in [-0.05, 0) is 90.4 Å². The number of benzene rings is 3. The number of anilines is 4. The second kappa shape index (κ2) is 18.1. The number of alkyl halides is 1. The van der Waals surface area contributed by atoms with E-state index in [1.165, 1.54) is 22.8 Å². The maximum absolute atomic E-state index is 15.3. The molecule has 2 saturated heterocycles. The quantitative estimate of drug-likeness (QED) is 0.0686. The summed E-state index contributed by atoms with van der Waals surface area (Å²) < 4.78 is 73.0. The number of sulfonamides is 1. The molecule has 0 radical (unpaired) electrons. The molecular weight excluding hydrogens is 921 g/mol. The summed E-state index contributed by atoms with van der Waals surface area (Å²) >= 11 is 6.26. The Bertz CT molecular complexity index is 3000. The van der Waals surface area contributed by atoms with E-state index in [2.05, 4.69) is 55.8 Å². The van der Waals surface area contributed by atoms with Gasteiger partial charge in [-0.25, -0.2) is 31.5 Å². The highest BCUT2D eigenvalue weighted by molar-refractivity contribution is 7.92. The molecule has 3 aromatic carbocycles. The largest absolute Gasteiger partial charge is 0.381 e. The summed E-state index contributed by atoms with van der Waals surface area (Å²) in [4.78, 5) is 39.3. The lowest BCUT2D eigenvalue weighted by Gasteiger charge is -2.40. The van der Waals surface area contributed by atoms with Gasteiger partial charge in [0.2, 0.25) is 0 Å². The number of halogens is 2. The first-order valence-corrected chi connectivity index (χ1v) is 25.9. The topological polar surface area (TPSA) is 207 Å². The minimum absolute atomic E-state index is 0.0381. The Labute approximate surface area is 394 Å². The highest BCUT2D eigenvalue weighted by Crippen LogP contribution is 2.44. The summed E-state index contributed by atoms with van der Waals surface area (Å²) in [5, 5.41) is 16.4. The third kappa shape index (κ3) is 9.88. The van der Waals surface area contributed by atoms with Gasteiger partial charge in [-0.3, -0.25) is 19.8 Å². The van der Waals surface area contributed by atoms with Gasteiger partial charge < -0.3 is 24.8 Å². The highest BCUT2D eigenvalue weighted by Gasteiger charge is 2.36. The predicted octanol–water partition coefficient (Wildman–Crippen LogP) is 8.52. The molecule has 4 N–H and O–H groups in total. The summed E-state index contributed by atoms with van der Waals surface area (Å²) in [6, 6.07) is 19.9. The van der Waals surface area contributed by atoms with Crippen molar-refractivity contribution in [1.29, 1.82) is 4.78 Å². The molecular formula is C47H53ClFN9O7S2. The Balaban J connectivity index is 1.00. The number of aromatic amines is 1. The maximum Gasteiger partial charge on any atom is 0.293 e. The zero-order chi connectivity index (χ0) is 47.3. The summed E-state index contributed by atoms with van der Waals surface area (Å²) in [6.07, 6.45) is 4.99. The van der Waals surface area contributed by atoms with E-state index >= 15 is 4.39 Å². The monoisotopic (exact) mass is 973 g/mol.